The van der Waals surface area contributed by atoms with Crippen molar-refractivity contribution in [2.75, 3.05) is 0 Å². The van der Waals surface area contributed by atoms with Crippen LogP contribution in [0.15, 0.2) is 36.5 Å². The second-order valence-electron chi connectivity index (χ2n) is 4.29. The molecule has 4 heteroatoms. The van der Waals surface area contributed by atoms with E-state index < -0.39 is 0 Å². The number of nitrogens with one attached hydrogen (secondary N) is 1. The van der Waals surface area contributed by atoms with Crippen molar-refractivity contribution in [3.8, 4) is 11.6 Å². The van der Waals surface area contributed by atoms with Crippen LogP contribution in [0, 0.1) is 12.3 Å². The average molecular weight is 255 g/mol. The maximum atomic E-state index is 7.64. The van der Waals surface area contributed by atoms with Gasteiger partial charge in [-0.1, -0.05) is 25.1 Å². The van der Waals surface area contributed by atoms with E-state index >= 15 is 0 Å². The topological polar surface area (TPSA) is 72.0 Å². The minimum absolute atomic E-state index is 0.0328. The molecule has 0 amide bonds. The quantitative estimate of drug-likeness (QED) is 0.651. The Kier molecular flexibility index (Phi) is 3.80. The molecule has 0 saturated carbocycles. The van der Waals surface area contributed by atoms with Gasteiger partial charge in [-0.15, -0.1) is 0 Å². The Morgan fingerprint density at radius 3 is 2.74 bits per heavy atom. The fourth-order valence-corrected chi connectivity index (χ4v) is 1.94. The molecule has 2 rings (SSSR count). The molecule has 0 aliphatic rings. The van der Waals surface area contributed by atoms with E-state index in [2.05, 4.69) is 11.9 Å². The highest BCUT2D eigenvalue weighted by Gasteiger charge is 2.13. The lowest BCUT2D eigenvalue weighted by Crippen LogP contribution is -2.15. The molecule has 19 heavy (non-hydrogen) atoms. The molecule has 4 nitrogen and oxygen atoms in total. The Bertz CT molecular complexity index is 608. The number of para-hydroxylation sites is 1. The molecule has 0 spiro atoms. The lowest BCUT2D eigenvalue weighted by molar-refractivity contribution is 0.456. The van der Waals surface area contributed by atoms with Crippen molar-refractivity contribution >= 4 is 5.84 Å². The molecular weight excluding hydrogens is 238 g/mol. The SMILES string of the molecule is CCc1ccccc1Oc1nccc(C)c1C(=N)N. The number of nitrogens with two attached hydrogens (primary N) is 1. The van der Waals surface area contributed by atoms with Crippen molar-refractivity contribution in [1.29, 1.82) is 5.41 Å². The number of rotatable bonds is 4. The number of nitrogens with zero attached hydrogens (tertiary/aromatic N) is 1. The number of amidine groups is 1. The summed E-state index contributed by atoms with van der Waals surface area (Å²) < 4.78 is 5.84. The van der Waals surface area contributed by atoms with Gasteiger partial charge in [0.15, 0.2) is 0 Å². The van der Waals surface area contributed by atoms with Crippen molar-refractivity contribution in [3.05, 3.63) is 53.2 Å². The van der Waals surface area contributed by atoms with Crippen LogP contribution in [0.1, 0.15) is 23.6 Å². The molecule has 1 aromatic carbocycles. The molecule has 98 valence electrons. The second kappa shape index (κ2) is 5.52. The first-order valence-electron chi connectivity index (χ1n) is 6.19. The van der Waals surface area contributed by atoms with Crippen LogP contribution in [0.25, 0.3) is 0 Å². The molecule has 2 aromatic rings. The van der Waals surface area contributed by atoms with E-state index in [0.29, 0.717) is 11.4 Å². The number of aromatic nitrogens is 1. The largest absolute Gasteiger partial charge is 0.438 e. The Morgan fingerprint density at radius 2 is 2.05 bits per heavy atom. The predicted molar refractivity (Wildman–Crippen MR) is 75.9 cm³/mol. The van der Waals surface area contributed by atoms with Crippen LogP contribution < -0.4 is 10.5 Å². The number of aryl methyl sites for hydroxylation is 2. The first kappa shape index (κ1) is 13.1. The highest BCUT2D eigenvalue weighted by Crippen LogP contribution is 2.27. The Morgan fingerprint density at radius 1 is 1.32 bits per heavy atom. The van der Waals surface area contributed by atoms with Crippen LogP contribution in [-0.4, -0.2) is 10.8 Å². The summed E-state index contributed by atoms with van der Waals surface area (Å²) >= 11 is 0. The standard InChI is InChI=1S/C15H17N3O/c1-3-11-6-4-5-7-12(11)19-15-13(14(16)17)10(2)8-9-18-15/h4-9H,3H2,1-2H3,(H3,16,17). The zero-order valence-electron chi connectivity index (χ0n) is 11.1. The van der Waals surface area contributed by atoms with Gasteiger partial charge in [0.05, 0.1) is 5.56 Å². The van der Waals surface area contributed by atoms with Crippen LogP contribution in [-0.2, 0) is 6.42 Å². The molecule has 3 N–H and O–H groups in total. The van der Waals surface area contributed by atoms with Crippen molar-refractivity contribution in [2.45, 2.75) is 20.3 Å². The average Bonchev–Trinajstić information content (AvgIpc) is 2.39. The third kappa shape index (κ3) is 2.73. The molecule has 0 fully saturated rings. The molecule has 0 saturated heterocycles. The fourth-order valence-electron chi connectivity index (χ4n) is 1.94. The van der Waals surface area contributed by atoms with Gasteiger partial charge >= 0.3 is 0 Å². The van der Waals surface area contributed by atoms with Gasteiger partial charge in [0.25, 0.3) is 0 Å². The maximum Gasteiger partial charge on any atom is 0.230 e. The van der Waals surface area contributed by atoms with Gasteiger partial charge in [-0.2, -0.15) is 0 Å². The van der Waals surface area contributed by atoms with Crippen LogP contribution in [0.3, 0.4) is 0 Å². The first-order valence-corrected chi connectivity index (χ1v) is 6.19. The van der Waals surface area contributed by atoms with Crippen molar-refractivity contribution in [1.82, 2.24) is 4.98 Å². The van der Waals surface area contributed by atoms with Crippen molar-refractivity contribution in [2.24, 2.45) is 5.73 Å². The number of hydrogen-bond donors (Lipinski definition) is 2. The lowest BCUT2D eigenvalue weighted by Gasteiger charge is -2.13. The highest BCUT2D eigenvalue weighted by molar-refractivity contribution is 5.98. The highest BCUT2D eigenvalue weighted by atomic mass is 16.5. The summed E-state index contributed by atoms with van der Waals surface area (Å²) in [5.41, 5.74) is 8.13. The molecule has 1 heterocycles. The number of pyridine rings is 1. The minimum atomic E-state index is -0.0328. The summed E-state index contributed by atoms with van der Waals surface area (Å²) in [4.78, 5) is 4.19. The molecule has 0 bridgehead atoms. The fraction of sp³-hybridized carbons (Fsp3) is 0.200. The summed E-state index contributed by atoms with van der Waals surface area (Å²) in [7, 11) is 0. The van der Waals surface area contributed by atoms with Gasteiger partial charge in [-0.25, -0.2) is 4.98 Å². The van der Waals surface area contributed by atoms with E-state index in [9.17, 15) is 0 Å². The van der Waals surface area contributed by atoms with Gasteiger partial charge in [0.1, 0.15) is 11.6 Å². The minimum Gasteiger partial charge on any atom is -0.438 e. The third-order valence-electron chi connectivity index (χ3n) is 2.95. The van der Waals surface area contributed by atoms with Gasteiger partial charge in [-0.05, 0) is 36.6 Å². The van der Waals surface area contributed by atoms with Gasteiger partial charge < -0.3 is 10.5 Å². The Balaban J connectivity index is 2.44. The van der Waals surface area contributed by atoms with E-state index in [1.807, 2.05) is 37.3 Å². The summed E-state index contributed by atoms with van der Waals surface area (Å²) in [5.74, 6) is 1.11. The maximum absolute atomic E-state index is 7.64. The van der Waals surface area contributed by atoms with Crippen LogP contribution in [0.2, 0.25) is 0 Å². The van der Waals surface area contributed by atoms with E-state index in [1.54, 1.807) is 6.20 Å². The van der Waals surface area contributed by atoms with Crippen molar-refractivity contribution < 1.29 is 4.74 Å². The van der Waals surface area contributed by atoms with E-state index in [-0.39, 0.29) is 5.84 Å². The van der Waals surface area contributed by atoms with Crippen LogP contribution in [0.4, 0.5) is 0 Å². The third-order valence-corrected chi connectivity index (χ3v) is 2.95. The number of hydrogen-bond acceptors (Lipinski definition) is 3. The molecule has 0 radical (unpaired) electrons. The number of ether oxygens (including phenoxy) is 1. The first-order chi connectivity index (χ1) is 9.13. The molecule has 0 atom stereocenters. The zero-order chi connectivity index (χ0) is 13.8. The number of benzene rings is 1. The van der Waals surface area contributed by atoms with Gasteiger partial charge in [0, 0.05) is 6.20 Å². The van der Waals surface area contributed by atoms with Crippen molar-refractivity contribution in [3.63, 3.8) is 0 Å². The Labute approximate surface area is 112 Å². The summed E-state index contributed by atoms with van der Waals surface area (Å²) in [5, 5.41) is 7.64. The normalized spacial score (nSPS) is 10.2. The van der Waals surface area contributed by atoms with Crippen LogP contribution in [0.5, 0.6) is 11.6 Å². The van der Waals surface area contributed by atoms with E-state index in [1.165, 1.54) is 0 Å². The van der Waals surface area contributed by atoms with Crippen LogP contribution >= 0.6 is 0 Å². The van der Waals surface area contributed by atoms with E-state index in [0.717, 1.165) is 23.3 Å². The summed E-state index contributed by atoms with van der Waals surface area (Å²) in [6.45, 7) is 3.95. The number of nitrogen functional groups attached to an aromatic ring is 1. The molecule has 1 aromatic heterocycles. The Hall–Kier alpha value is -2.36. The molecule has 0 unspecified atom stereocenters. The lowest BCUT2D eigenvalue weighted by atomic mass is 10.1. The van der Waals surface area contributed by atoms with Gasteiger partial charge in [0.2, 0.25) is 5.88 Å². The zero-order valence-corrected chi connectivity index (χ0v) is 11.1. The molecule has 0 aliphatic heterocycles. The summed E-state index contributed by atoms with van der Waals surface area (Å²) in [6, 6.07) is 9.61. The molecule has 0 aliphatic carbocycles. The second-order valence-corrected chi connectivity index (χ2v) is 4.29. The van der Waals surface area contributed by atoms with Gasteiger partial charge in [-0.3, -0.25) is 5.41 Å². The predicted octanol–water partition coefficient (Wildman–Crippen LogP) is 3.03. The van der Waals surface area contributed by atoms with E-state index in [4.69, 9.17) is 15.9 Å². The summed E-state index contributed by atoms with van der Waals surface area (Å²) in [6.07, 6.45) is 2.53. The monoisotopic (exact) mass is 255 g/mol. The molecular formula is C15H17N3O. The smallest absolute Gasteiger partial charge is 0.230 e.